The van der Waals surface area contributed by atoms with E-state index in [0.717, 1.165) is 4.68 Å². The van der Waals surface area contributed by atoms with Crippen molar-refractivity contribution >= 4 is 29.0 Å². The Morgan fingerprint density at radius 1 is 1.03 bits per heavy atom. The molecule has 0 aliphatic heterocycles. The van der Waals surface area contributed by atoms with E-state index < -0.39 is 47.5 Å². The number of aliphatic hydroxyl groups excluding tert-OH is 1. The maximum absolute atomic E-state index is 13.3. The highest BCUT2D eigenvalue weighted by molar-refractivity contribution is 6.35. The summed E-state index contributed by atoms with van der Waals surface area (Å²) in [7, 11) is 0. The highest BCUT2D eigenvalue weighted by Gasteiger charge is 2.37. The van der Waals surface area contributed by atoms with E-state index in [1.54, 1.807) is 12.1 Å². The van der Waals surface area contributed by atoms with E-state index in [-0.39, 0.29) is 44.5 Å². The van der Waals surface area contributed by atoms with Gasteiger partial charge in [-0.1, -0.05) is 45.7 Å². The predicted molar refractivity (Wildman–Crippen MR) is 122 cm³/mol. The van der Waals surface area contributed by atoms with Crippen LogP contribution in [0.4, 0.5) is 26.3 Å². The zero-order valence-electron chi connectivity index (χ0n) is 18.9. The Hall–Kier alpha value is -3.42. The Labute approximate surface area is 219 Å². The first kappa shape index (κ1) is 27.6. The second-order valence-corrected chi connectivity index (χ2v) is 8.82. The van der Waals surface area contributed by atoms with Crippen molar-refractivity contribution < 1.29 is 40.8 Å². The van der Waals surface area contributed by atoms with Gasteiger partial charge in [-0.3, -0.25) is 4.79 Å². The predicted octanol–water partition coefficient (Wildman–Crippen LogP) is 6.61. The zero-order chi connectivity index (χ0) is 28.0. The van der Waals surface area contributed by atoms with Gasteiger partial charge in [-0.25, -0.2) is 4.68 Å². The van der Waals surface area contributed by atoms with Crippen molar-refractivity contribution in [2.45, 2.75) is 31.9 Å². The number of aromatic nitrogens is 4. The highest BCUT2D eigenvalue weighted by atomic mass is 35.5. The van der Waals surface area contributed by atoms with Crippen molar-refractivity contribution in [3.8, 4) is 11.4 Å². The molecule has 200 valence electrons. The van der Waals surface area contributed by atoms with Gasteiger partial charge in [0.25, 0.3) is 0 Å². The number of hydrogen-bond acceptors (Lipinski definition) is 6. The van der Waals surface area contributed by atoms with Crippen LogP contribution in [0, 0.1) is 0 Å². The van der Waals surface area contributed by atoms with Crippen molar-refractivity contribution in [1.82, 2.24) is 20.2 Å². The van der Waals surface area contributed by atoms with Crippen LogP contribution in [0.15, 0.2) is 47.0 Å². The molecule has 0 unspecified atom stereocenters. The summed E-state index contributed by atoms with van der Waals surface area (Å²) in [6.07, 6.45) is -11.4. The van der Waals surface area contributed by atoms with Crippen LogP contribution < -0.4 is 0 Å². The summed E-state index contributed by atoms with van der Waals surface area (Å²) >= 11 is 12.5. The van der Waals surface area contributed by atoms with Gasteiger partial charge in [-0.05, 0) is 42.8 Å². The summed E-state index contributed by atoms with van der Waals surface area (Å²) in [6.45, 7) is 0.672. The summed E-state index contributed by atoms with van der Waals surface area (Å²) in [4.78, 5) is 13.3. The van der Waals surface area contributed by atoms with Crippen LogP contribution >= 0.6 is 23.2 Å². The van der Waals surface area contributed by atoms with E-state index in [4.69, 9.17) is 27.7 Å². The van der Waals surface area contributed by atoms with Gasteiger partial charge in [0, 0.05) is 5.56 Å². The third-order valence-electron chi connectivity index (χ3n) is 5.32. The molecule has 0 spiro atoms. The summed E-state index contributed by atoms with van der Waals surface area (Å²) in [5, 5.41) is 21.1. The zero-order valence-corrected chi connectivity index (χ0v) is 20.4. The largest absolute Gasteiger partial charge is 0.416 e. The van der Waals surface area contributed by atoms with Gasteiger partial charge in [-0.2, -0.15) is 26.3 Å². The van der Waals surface area contributed by atoms with Crippen LogP contribution in [-0.4, -0.2) is 31.0 Å². The third-order valence-corrected chi connectivity index (χ3v) is 6.03. The molecule has 1 N–H and O–H groups in total. The van der Waals surface area contributed by atoms with E-state index in [0.29, 0.717) is 12.1 Å². The first-order valence-corrected chi connectivity index (χ1v) is 11.3. The quantitative estimate of drug-likeness (QED) is 0.204. The molecule has 0 radical (unpaired) electrons. The lowest BCUT2D eigenvalue weighted by molar-refractivity contribution is -0.143. The van der Waals surface area contributed by atoms with Gasteiger partial charge >= 0.3 is 12.4 Å². The molecule has 0 amide bonds. The molecule has 2 aromatic carbocycles. The first-order valence-electron chi connectivity index (χ1n) is 10.5. The molecule has 4 aromatic rings. The van der Waals surface area contributed by atoms with Crippen LogP contribution in [0.2, 0.25) is 10.2 Å². The number of rotatable bonds is 6. The van der Waals surface area contributed by atoms with Gasteiger partial charge in [0.1, 0.15) is 11.8 Å². The van der Waals surface area contributed by atoms with Crippen molar-refractivity contribution in [2.75, 3.05) is 0 Å². The molecule has 15 heteroatoms. The Morgan fingerprint density at radius 2 is 1.63 bits per heavy atom. The second kappa shape index (κ2) is 10.0. The van der Waals surface area contributed by atoms with Crippen molar-refractivity contribution in [3.05, 3.63) is 86.2 Å². The third kappa shape index (κ3) is 5.40. The minimum Gasteiger partial charge on any atom is -0.385 e. The lowest BCUT2D eigenvalue weighted by atomic mass is 9.98. The molecule has 0 saturated carbocycles. The van der Waals surface area contributed by atoms with Gasteiger partial charge in [-0.15, -0.1) is 5.10 Å². The molecule has 0 bridgehead atoms. The van der Waals surface area contributed by atoms with Crippen LogP contribution in [-0.2, 0) is 18.9 Å². The van der Waals surface area contributed by atoms with Crippen LogP contribution in [0.25, 0.3) is 11.4 Å². The van der Waals surface area contributed by atoms with E-state index >= 15 is 0 Å². The normalized spacial score (nSPS) is 13.1. The lowest BCUT2D eigenvalue weighted by Gasteiger charge is -2.14. The molecule has 0 fully saturated rings. The fourth-order valence-corrected chi connectivity index (χ4v) is 4.02. The van der Waals surface area contributed by atoms with Crippen molar-refractivity contribution in [3.63, 3.8) is 0 Å². The molecular formula is C23H14Cl2F6N4O3. The molecule has 2 aromatic heterocycles. The molecular weight excluding hydrogens is 565 g/mol. The summed E-state index contributed by atoms with van der Waals surface area (Å²) in [6, 6.07) is 7.06. The Morgan fingerprint density at radius 3 is 2.18 bits per heavy atom. The molecule has 2 heterocycles. The molecule has 0 aliphatic carbocycles. The van der Waals surface area contributed by atoms with E-state index in [2.05, 4.69) is 15.5 Å². The van der Waals surface area contributed by atoms with Crippen LogP contribution in [0.5, 0.6) is 0 Å². The Bertz CT molecular complexity index is 1480. The number of halogens is 8. The Balaban J connectivity index is 1.78. The lowest BCUT2D eigenvalue weighted by Crippen LogP contribution is -2.13. The molecule has 0 aliphatic rings. The van der Waals surface area contributed by atoms with Gasteiger partial charge in [0.2, 0.25) is 5.78 Å². The van der Waals surface area contributed by atoms with Crippen molar-refractivity contribution in [2.24, 2.45) is 0 Å². The number of alkyl halides is 6. The summed E-state index contributed by atoms with van der Waals surface area (Å²) in [5.74, 6) is -0.954. The monoisotopic (exact) mass is 578 g/mol. The summed E-state index contributed by atoms with van der Waals surface area (Å²) < 4.78 is 85.3. The second-order valence-electron chi connectivity index (χ2n) is 8.06. The van der Waals surface area contributed by atoms with Gasteiger partial charge < -0.3 is 9.63 Å². The average Bonchev–Trinajstić information content (AvgIpc) is 3.41. The first-order chi connectivity index (χ1) is 17.7. The number of carbonyl (C=O) groups is 1. The minimum absolute atomic E-state index is 0.00253. The number of ketones is 1. The number of aliphatic hydroxyl groups is 1. The summed E-state index contributed by atoms with van der Waals surface area (Å²) in [5.41, 5.74) is -4.17. The van der Waals surface area contributed by atoms with Crippen LogP contribution in [0.3, 0.4) is 0 Å². The smallest absolute Gasteiger partial charge is 0.385 e. The highest BCUT2D eigenvalue weighted by Crippen LogP contribution is 2.38. The SMILES string of the molecule is C[C@@H](O)c1onc(-c2nnn(Cc3cc(C(F)(F)F)cc(C(F)(F)F)c3)c2Cl)c1C(=O)c1ccccc1Cl. The maximum Gasteiger partial charge on any atom is 0.416 e. The molecule has 38 heavy (non-hydrogen) atoms. The maximum atomic E-state index is 13.3. The van der Waals surface area contributed by atoms with E-state index in [1.165, 1.54) is 19.1 Å². The topological polar surface area (TPSA) is 94.0 Å². The molecule has 7 nitrogen and oxygen atoms in total. The van der Waals surface area contributed by atoms with Crippen LogP contribution in [0.1, 0.15) is 51.4 Å². The number of nitrogens with zero attached hydrogens (tertiary/aromatic N) is 4. The molecule has 4 rings (SSSR count). The fourth-order valence-electron chi connectivity index (χ4n) is 3.58. The number of carbonyl (C=O) groups excluding carboxylic acids is 1. The van der Waals surface area contributed by atoms with Gasteiger partial charge in [0.05, 0.1) is 28.3 Å². The molecule has 1 atom stereocenters. The molecule has 0 saturated heterocycles. The Kier molecular flexibility index (Phi) is 7.30. The average molecular weight is 579 g/mol. The number of hydrogen-bond donors (Lipinski definition) is 1. The standard InChI is InChI=1S/C23H14Cl2F6N4O3/c1-10(36)20-16(19(37)14-4-2-3-5-15(14)24)17(33-38-20)18-21(25)35(34-32-18)9-11-6-12(22(26,27)28)8-13(7-11)23(29,30)31/h2-8,10,36H,9H2,1H3/t10-/m1/s1. The van der Waals surface area contributed by atoms with Gasteiger partial charge in [0.15, 0.2) is 16.6 Å². The van der Waals surface area contributed by atoms with Crippen molar-refractivity contribution in [1.29, 1.82) is 0 Å². The fraction of sp³-hybridized carbons (Fsp3) is 0.217. The van der Waals surface area contributed by atoms with E-state index in [1.807, 2.05) is 0 Å². The number of benzene rings is 2. The minimum atomic E-state index is -5.04. The van der Waals surface area contributed by atoms with E-state index in [9.17, 15) is 36.2 Å².